The average Bonchev–Trinajstić information content (AvgIpc) is 3.24. The largest absolute Gasteiger partial charge is 0.481 e. The fraction of sp³-hybridized carbons (Fsp3) is 0.333. The Morgan fingerprint density at radius 3 is 2.79 bits per heavy atom. The highest BCUT2D eigenvalue weighted by atomic mass is 16.5. The monoisotopic (exact) mass is 329 g/mol. The van der Waals surface area contributed by atoms with Gasteiger partial charge < -0.3 is 14.3 Å². The van der Waals surface area contributed by atoms with Crippen LogP contribution in [0.5, 0.6) is 0 Å². The van der Waals surface area contributed by atoms with Crippen LogP contribution in [0.4, 0.5) is 0 Å². The fourth-order valence-corrected chi connectivity index (χ4v) is 2.99. The minimum absolute atomic E-state index is 0.306. The summed E-state index contributed by atoms with van der Waals surface area (Å²) >= 11 is 0. The predicted molar refractivity (Wildman–Crippen MR) is 86.5 cm³/mol. The van der Waals surface area contributed by atoms with Gasteiger partial charge >= 0.3 is 11.9 Å². The molecule has 1 aliphatic heterocycles. The molecule has 1 N–H and O–H groups in total. The van der Waals surface area contributed by atoms with Crippen molar-refractivity contribution in [2.24, 2.45) is 5.92 Å². The Kier molecular flexibility index (Phi) is 4.66. The van der Waals surface area contributed by atoms with Gasteiger partial charge in [-0.3, -0.25) is 9.69 Å². The number of nitrogens with zero attached hydrogens (tertiary/aromatic N) is 1. The molecular formula is C18H19NO5. The Hall–Kier alpha value is -2.60. The highest BCUT2D eigenvalue weighted by Gasteiger charge is 2.28. The van der Waals surface area contributed by atoms with E-state index in [2.05, 4.69) is 4.90 Å². The zero-order chi connectivity index (χ0) is 17.1. The molecular weight excluding hydrogens is 310 g/mol. The third-order valence-electron chi connectivity index (χ3n) is 4.26. The lowest BCUT2D eigenvalue weighted by molar-refractivity contribution is -0.141. The van der Waals surface area contributed by atoms with E-state index in [0.29, 0.717) is 36.4 Å². The first-order chi connectivity index (χ1) is 11.6. The van der Waals surface area contributed by atoms with E-state index < -0.39 is 11.9 Å². The lowest BCUT2D eigenvalue weighted by Crippen LogP contribution is -2.22. The molecule has 0 saturated carbocycles. The van der Waals surface area contributed by atoms with Gasteiger partial charge in [0, 0.05) is 12.1 Å². The van der Waals surface area contributed by atoms with Crippen molar-refractivity contribution in [3.63, 3.8) is 0 Å². The minimum Gasteiger partial charge on any atom is -0.481 e. The number of hydrogen-bond acceptors (Lipinski definition) is 5. The van der Waals surface area contributed by atoms with Gasteiger partial charge in [-0.05, 0) is 31.2 Å². The van der Waals surface area contributed by atoms with E-state index in [1.165, 1.54) is 7.11 Å². The molecule has 0 radical (unpaired) electrons. The van der Waals surface area contributed by atoms with Gasteiger partial charge in [-0.25, -0.2) is 4.79 Å². The summed E-state index contributed by atoms with van der Waals surface area (Å²) in [7, 11) is 1.35. The number of aliphatic carboxylic acids is 1. The van der Waals surface area contributed by atoms with E-state index >= 15 is 0 Å². The van der Waals surface area contributed by atoms with E-state index in [9.17, 15) is 9.59 Å². The number of methoxy groups -OCH3 is 1. The number of hydrogen-bond donors (Lipinski definition) is 1. The maximum Gasteiger partial charge on any atom is 0.338 e. The highest BCUT2D eigenvalue weighted by molar-refractivity contribution is 5.96. The first-order valence-corrected chi connectivity index (χ1v) is 7.80. The summed E-state index contributed by atoms with van der Waals surface area (Å²) in [5.41, 5.74) is 1.13. The van der Waals surface area contributed by atoms with Gasteiger partial charge in [0.25, 0.3) is 0 Å². The van der Waals surface area contributed by atoms with Crippen LogP contribution in [0, 0.1) is 5.92 Å². The topological polar surface area (TPSA) is 80.0 Å². The van der Waals surface area contributed by atoms with Crippen LogP contribution in [0.3, 0.4) is 0 Å². The quantitative estimate of drug-likeness (QED) is 0.850. The Balaban J connectivity index is 1.75. The van der Waals surface area contributed by atoms with Crippen molar-refractivity contribution in [2.75, 3.05) is 20.2 Å². The molecule has 1 unspecified atom stereocenters. The first-order valence-electron chi connectivity index (χ1n) is 7.80. The van der Waals surface area contributed by atoms with Crippen molar-refractivity contribution >= 4 is 11.9 Å². The first kappa shape index (κ1) is 16.3. The minimum atomic E-state index is -0.746. The molecule has 2 aromatic rings. The Morgan fingerprint density at radius 2 is 2.08 bits per heavy atom. The van der Waals surface area contributed by atoms with Crippen molar-refractivity contribution in [1.82, 2.24) is 4.90 Å². The SMILES string of the molecule is COC(=O)c1ccccc1-c1ccc(CN2CCC(C(=O)O)C2)o1. The lowest BCUT2D eigenvalue weighted by Gasteiger charge is -2.13. The van der Waals surface area contributed by atoms with E-state index in [-0.39, 0.29) is 5.92 Å². The predicted octanol–water partition coefficient (Wildman–Crippen LogP) is 2.64. The van der Waals surface area contributed by atoms with Gasteiger partial charge in [0.15, 0.2) is 0 Å². The number of carboxylic acid groups (broad SMARTS) is 1. The van der Waals surface area contributed by atoms with Crippen LogP contribution in [-0.2, 0) is 16.1 Å². The second-order valence-corrected chi connectivity index (χ2v) is 5.86. The summed E-state index contributed by atoms with van der Waals surface area (Å²) in [6.07, 6.45) is 0.661. The number of rotatable bonds is 5. The van der Waals surface area contributed by atoms with Crippen molar-refractivity contribution in [2.45, 2.75) is 13.0 Å². The van der Waals surface area contributed by atoms with Gasteiger partial charge in [0.05, 0.1) is 25.1 Å². The number of esters is 1. The van der Waals surface area contributed by atoms with Crippen molar-refractivity contribution < 1.29 is 23.8 Å². The fourth-order valence-electron chi connectivity index (χ4n) is 2.99. The third-order valence-corrected chi connectivity index (χ3v) is 4.26. The maximum atomic E-state index is 11.9. The molecule has 2 heterocycles. The third kappa shape index (κ3) is 3.33. The molecule has 1 fully saturated rings. The van der Waals surface area contributed by atoms with Crippen molar-refractivity contribution in [3.05, 3.63) is 47.7 Å². The van der Waals surface area contributed by atoms with Gasteiger partial charge in [-0.2, -0.15) is 0 Å². The van der Waals surface area contributed by atoms with Gasteiger partial charge in [-0.15, -0.1) is 0 Å². The number of carbonyl (C=O) groups excluding carboxylic acids is 1. The number of furan rings is 1. The zero-order valence-corrected chi connectivity index (χ0v) is 13.4. The van der Waals surface area contributed by atoms with Crippen LogP contribution in [0.2, 0.25) is 0 Å². The summed E-state index contributed by atoms with van der Waals surface area (Å²) in [6.45, 7) is 1.83. The molecule has 1 atom stereocenters. The Morgan fingerprint density at radius 1 is 1.29 bits per heavy atom. The number of carbonyl (C=O) groups is 2. The summed E-state index contributed by atoms with van der Waals surface area (Å²) in [4.78, 5) is 25.0. The normalized spacial score (nSPS) is 17.8. The van der Waals surface area contributed by atoms with Crippen LogP contribution >= 0.6 is 0 Å². The molecule has 24 heavy (non-hydrogen) atoms. The van der Waals surface area contributed by atoms with Crippen molar-refractivity contribution in [3.8, 4) is 11.3 Å². The zero-order valence-electron chi connectivity index (χ0n) is 13.4. The Bertz CT molecular complexity index is 751. The molecule has 1 aromatic heterocycles. The summed E-state index contributed by atoms with van der Waals surface area (Å²) in [5, 5.41) is 9.06. The Labute approximate surface area is 139 Å². The molecule has 0 bridgehead atoms. The molecule has 0 spiro atoms. The molecule has 1 aromatic carbocycles. The van der Waals surface area contributed by atoms with E-state index in [0.717, 1.165) is 12.3 Å². The summed E-state index contributed by atoms with van der Waals surface area (Å²) < 4.78 is 10.7. The van der Waals surface area contributed by atoms with Crippen molar-refractivity contribution in [1.29, 1.82) is 0 Å². The van der Waals surface area contributed by atoms with E-state index in [1.807, 2.05) is 24.3 Å². The molecule has 126 valence electrons. The van der Waals surface area contributed by atoms with Crippen LogP contribution in [-0.4, -0.2) is 42.1 Å². The molecule has 0 amide bonds. The number of benzene rings is 1. The second kappa shape index (κ2) is 6.88. The second-order valence-electron chi connectivity index (χ2n) is 5.86. The van der Waals surface area contributed by atoms with Crippen LogP contribution in [0.15, 0.2) is 40.8 Å². The summed E-state index contributed by atoms with van der Waals surface area (Å²) in [5.74, 6) is -0.118. The molecule has 1 saturated heterocycles. The van der Waals surface area contributed by atoms with E-state index in [4.69, 9.17) is 14.3 Å². The molecule has 1 aliphatic rings. The summed E-state index contributed by atoms with van der Waals surface area (Å²) in [6, 6.07) is 10.8. The average molecular weight is 329 g/mol. The molecule has 0 aliphatic carbocycles. The van der Waals surface area contributed by atoms with Gasteiger partial charge in [-0.1, -0.05) is 18.2 Å². The maximum absolute atomic E-state index is 11.9. The van der Waals surface area contributed by atoms with Crippen LogP contribution < -0.4 is 0 Å². The van der Waals surface area contributed by atoms with Crippen LogP contribution in [0.1, 0.15) is 22.5 Å². The smallest absolute Gasteiger partial charge is 0.338 e. The number of ether oxygens (including phenoxy) is 1. The van der Waals surface area contributed by atoms with Gasteiger partial charge in [0.2, 0.25) is 0 Å². The van der Waals surface area contributed by atoms with Gasteiger partial charge in [0.1, 0.15) is 11.5 Å². The standard InChI is InChI=1S/C18H19NO5/c1-23-18(22)15-5-3-2-4-14(15)16-7-6-13(24-16)11-19-9-8-12(10-19)17(20)21/h2-7,12H,8-11H2,1H3,(H,20,21). The molecule has 3 rings (SSSR count). The number of likely N-dealkylation sites (tertiary alicyclic amines) is 1. The molecule has 6 nitrogen and oxygen atoms in total. The van der Waals surface area contributed by atoms with Crippen LogP contribution in [0.25, 0.3) is 11.3 Å². The van der Waals surface area contributed by atoms with E-state index in [1.54, 1.807) is 12.1 Å². The number of carboxylic acids is 1. The highest BCUT2D eigenvalue weighted by Crippen LogP contribution is 2.28. The lowest BCUT2D eigenvalue weighted by atomic mass is 10.1. The molecule has 6 heteroatoms.